The van der Waals surface area contributed by atoms with E-state index in [4.69, 9.17) is 5.14 Å². The third kappa shape index (κ3) is 4.32. The molecule has 4 nitrogen and oxygen atoms in total. The Morgan fingerprint density at radius 1 is 1.00 bits per heavy atom. The van der Waals surface area contributed by atoms with Gasteiger partial charge in [0.05, 0.1) is 4.90 Å². The molecule has 1 aliphatic rings. The van der Waals surface area contributed by atoms with Crippen LogP contribution in [0.3, 0.4) is 0 Å². The van der Waals surface area contributed by atoms with Gasteiger partial charge in [-0.2, -0.15) is 0 Å². The molecule has 126 valence electrons. The molecule has 3 rings (SSSR count). The van der Waals surface area contributed by atoms with Gasteiger partial charge in [0.1, 0.15) is 0 Å². The predicted molar refractivity (Wildman–Crippen MR) is 97.0 cm³/mol. The first-order valence-electron chi connectivity index (χ1n) is 8.11. The van der Waals surface area contributed by atoms with Gasteiger partial charge < -0.3 is 0 Å². The zero-order valence-corrected chi connectivity index (χ0v) is 14.4. The van der Waals surface area contributed by atoms with Gasteiger partial charge in [0, 0.05) is 19.6 Å². The van der Waals surface area contributed by atoms with Gasteiger partial charge in [0.2, 0.25) is 10.0 Å². The summed E-state index contributed by atoms with van der Waals surface area (Å²) in [7, 11) is -3.61. The topological polar surface area (TPSA) is 63.4 Å². The summed E-state index contributed by atoms with van der Waals surface area (Å²) in [6.07, 6.45) is 4.27. The fourth-order valence-corrected chi connectivity index (χ4v) is 3.48. The van der Waals surface area contributed by atoms with Crippen molar-refractivity contribution in [3.05, 3.63) is 71.8 Å². The molecular formula is C19H22N2O2S. The summed E-state index contributed by atoms with van der Waals surface area (Å²) in [6, 6.07) is 17.4. The first-order valence-corrected chi connectivity index (χ1v) is 9.65. The summed E-state index contributed by atoms with van der Waals surface area (Å²) in [5.74, 6) is 0. The van der Waals surface area contributed by atoms with E-state index in [1.165, 1.54) is 11.1 Å². The maximum Gasteiger partial charge on any atom is 0.238 e. The quantitative estimate of drug-likeness (QED) is 0.908. The van der Waals surface area contributed by atoms with Crippen LogP contribution in [0.5, 0.6) is 0 Å². The Balaban J connectivity index is 1.54. The molecule has 0 atom stereocenters. The molecule has 1 aliphatic heterocycles. The molecule has 0 saturated carbocycles. The minimum atomic E-state index is -3.61. The van der Waals surface area contributed by atoms with Crippen molar-refractivity contribution in [1.29, 1.82) is 0 Å². The molecule has 0 aromatic heterocycles. The molecular weight excluding hydrogens is 320 g/mol. The van der Waals surface area contributed by atoms with E-state index in [0.717, 1.165) is 38.0 Å². The smallest absolute Gasteiger partial charge is 0.238 e. The number of primary sulfonamides is 1. The maximum atomic E-state index is 11.3. The number of hydrogen-bond acceptors (Lipinski definition) is 3. The van der Waals surface area contributed by atoms with Crippen molar-refractivity contribution >= 4 is 15.6 Å². The van der Waals surface area contributed by atoms with E-state index >= 15 is 0 Å². The molecule has 0 saturated heterocycles. The lowest BCUT2D eigenvalue weighted by molar-refractivity contribution is 0.306. The minimum absolute atomic E-state index is 0.166. The molecule has 0 amide bonds. The van der Waals surface area contributed by atoms with Crippen LogP contribution in [0, 0.1) is 0 Å². The standard InChI is InChI=1S/C19H22N2O2S/c20-24(22,23)19-8-6-16(7-9-19)10-13-21-14-11-18(12-15-21)17-4-2-1-3-5-17/h1-9,11H,10,12-15H2,(H2,20,22,23). The highest BCUT2D eigenvalue weighted by atomic mass is 32.2. The molecule has 2 N–H and O–H groups in total. The van der Waals surface area contributed by atoms with Crippen LogP contribution in [0.15, 0.2) is 65.6 Å². The van der Waals surface area contributed by atoms with Gasteiger partial charge in [0.25, 0.3) is 0 Å². The Hall–Kier alpha value is -1.95. The minimum Gasteiger partial charge on any atom is -0.299 e. The van der Waals surface area contributed by atoms with Gasteiger partial charge in [-0.25, -0.2) is 13.6 Å². The van der Waals surface area contributed by atoms with Gasteiger partial charge in [0.15, 0.2) is 0 Å². The Morgan fingerprint density at radius 3 is 2.29 bits per heavy atom. The second-order valence-electron chi connectivity index (χ2n) is 6.08. The molecule has 1 heterocycles. The third-order valence-electron chi connectivity index (χ3n) is 4.41. The maximum absolute atomic E-state index is 11.3. The first kappa shape index (κ1) is 16.9. The SMILES string of the molecule is NS(=O)(=O)c1ccc(CCN2CC=C(c3ccccc3)CC2)cc1. The van der Waals surface area contributed by atoms with Crippen molar-refractivity contribution in [3.63, 3.8) is 0 Å². The zero-order valence-electron chi connectivity index (χ0n) is 13.6. The fourth-order valence-electron chi connectivity index (χ4n) is 2.96. The Labute approximate surface area is 143 Å². The van der Waals surface area contributed by atoms with E-state index in [-0.39, 0.29) is 4.90 Å². The van der Waals surface area contributed by atoms with Crippen molar-refractivity contribution in [2.75, 3.05) is 19.6 Å². The van der Waals surface area contributed by atoms with E-state index in [1.807, 2.05) is 18.2 Å². The van der Waals surface area contributed by atoms with Crippen molar-refractivity contribution in [3.8, 4) is 0 Å². The Kier molecular flexibility index (Phi) is 5.14. The molecule has 2 aromatic carbocycles. The molecule has 5 heteroatoms. The largest absolute Gasteiger partial charge is 0.299 e. The van der Waals surface area contributed by atoms with E-state index in [2.05, 4.69) is 35.2 Å². The summed E-state index contributed by atoms with van der Waals surface area (Å²) >= 11 is 0. The van der Waals surface area contributed by atoms with Crippen LogP contribution >= 0.6 is 0 Å². The summed E-state index contributed by atoms with van der Waals surface area (Å²) in [5.41, 5.74) is 3.86. The summed E-state index contributed by atoms with van der Waals surface area (Å²) in [6.45, 7) is 2.97. The van der Waals surface area contributed by atoms with E-state index in [9.17, 15) is 8.42 Å². The number of hydrogen-bond donors (Lipinski definition) is 1. The van der Waals surface area contributed by atoms with Crippen LogP contribution in [0.4, 0.5) is 0 Å². The number of benzene rings is 2. The molecule has 0 fully saturated rings. The Bertz CT molecular complexity index is 812. The lowest BCUT2D eigenvalue weighted by Crippen LogP contribution is -2.30. The molecule has 0 bridgehead atoms. The van der Waals surface area contributed by atoms with Gasteiger partial charge in [-0.3, -0.25) is 4.90 Å². The molecule has 0 radical (unpaired) electrons. The van der Waals surface area contributed by atoms with Crippen LogP contribution in [0.25, 0.3) is 5.57 Å². The monoisotopic (exact) mass is 342 g/mol. The van der Waals surface area contributed by atoms with Crippen molar-refractivity contribution in [1.82, 2.24) is 4.90 Å². The van der Waals surface area contributed by atoms with E-state index in [0.29, 0.717) is 0 Å². The number of rotatable bonds is 5. The first-order chi connectivity index (χ1) is 11.5. The summed E-state index contributed by atoms with van der Waals surface area (Å²) in [4.78, 5) is 2.58. The second-order valence-corrected chi connectivity index (χ2v) is 7.65. The third-order valence-corrected chi connectivity index (χ3v) is 5.34. The number of nitrogens with two attached hydrogens (primary N) is 1. The Morgan fingerprint density at radius 2 is 1.71 bits per heavy atom. The molecule has 0 unspecified atom stereocenters. The van der Waals surface area contributed by atoms with Crippen LogP contribution in [-0.4, -0.2) is 33.0 Å². The highest BCUT2D eigenvalue weighted by Crippen LogP contribution is 2.22. The normalized spacial score (nSPS) is 16.0. The number of nitrogens with zero attached hydrogens (tertiary/aromatic N) is 1. The molecule has 2 aromatic rings. The van der Waals surface area contributed by atoms with Gasteiger partial charge in [-0.1, -0.05) is 48.5 Å². The fraction of sp³-hybridized carbons (Fsp3) is 0.263. The zero-order chi connectivity index (χ0) is 17.0. The van der Waals surface area contributed by atoms with Crippen LogP contribution in [0.2, 0.25) is 0 Å². The van der Waals surface area contributed by atoms with Crippen LogP contribution in [0.1, 0.15) is 17.5 Å². The van der Waals surface area contributed by atoms with Crippen LogP contribution < -0.4 is 5.14 Å². The molecule has 0 spiro atoms. The lowest BCUT2D eigenvalue weighted by Gasteiger charge is -2.26. The highest BCUT2D eigenvalue weighted by Gasteiger charge is 2.13. The van der Waals surface area contributed by atoms with Gasteiger partial charge >= 0.3 is 0 Å². The predicted octanol–water partition coefficient (Wildman–Crippen LogP) is 2.67. The molecule has 0 aliphatic carbocycles. The van der Waals surface area contributed by atoms with Crippen LogP contribution in [-0.2, 0) is 16.4 Å². The second kappa shape index (κ2) is 7.30. The molecule has 24 heavy (non-hydrogen) atoms. The summed E-state index contributed by atoms with van der Waals surface area (Å²) < 4.78 is 22.5. The van der Waals surface area contributed by atoms with Gasteiger partial charge in [-0.15, -0.1) is 0 Å². The highest BCUT2D eigenvalue weighted by molar-refractivity contribution is 7.89. The van der Waals surface area contributed by atoms with Gasteiger partial charge in [-0.05, 0) is 41.7 Å². The van der Waals surface area contributed by atoms with E-state index < -0.39 is 10.0 Å². The summed E-state index contributed by atoms with van der Waals surface area (Å²) in [5, 5.41) is 5.12. The van der Waals surface area contributed by atoms with E-state index in [1.54, 1.807) is 12.1 Å². The van der Waals surface area contributed by atoms with Crippen molar-refractivity contribution in [2.45, 2.75) is 17.7 Å². The lowest BCUT2D eigenvalue weighted by atomic mass is 9.99. The number of sulfonamides is 1. The average molecular weight is 342 g/mol. The van der Waals surface area contributed by atoms with Crippen molar-refractivity contribution < 1.29 is 8.42 Å². The average Bonchev–Trinajstić information content (AvgIpc) is 2.61. The van der Waals surface area contributed by atoms with Crippen molar-refractivity contribution in [2.24, 2.45) is 5.14 Å².